The van der Waals surface area contributed by atoms with E-state index in [1.54, 1.807) is 13.0 Å². The summed E-state index contributed by atoms with van der Waals surface area (Å²) in [7, 11) is 0. The van der Waals surface area contributed by atoms with E-state index in [1.165, 1.54) is 41.2 Å². The predicted molar refractivity (Wildman–Crippen MR) is 108 cm³/mol. The van der Waals surface area contributed by atoms with Crippen molar-refractivity contribution < 1.29 is 18.3 Å². The van der Waals surface area contributed by atoms with Gasteiger partial charge in [-0.1, -0.05) is 35.8 Å². The van der Waals surface area contributed by atoms with E-state index < -0.39 is 17.5 Å². The lowest BCUT2D eigenvalue weighted by Crippen LogP contribution is -2.44. The van der Waals surface area contributed by atoms with E-state index in [2.05, 4.69) is 11.7 Å². The Labute approximate surface area is 173 Å². The minimum Gasteiger partial charge on any atom is -0.376 e. The number of nitrogens with zero attached hydrogens (tertiary/aromatic N) is 2. The van der Waals surface area contributed by atoms with Crippen LogP contribution in [-0.2, 0) is 5.60 Å². The maximum Gasteiger partial charge on any atom is 0.422 e. The van der Waals surface area contributed by atoms with Gasteiger partial charge < -0.3 is 5.11 Å². The summed E-state index contributed by atoms with van der Waals surface area (Å²) in [5, 5.41) is 15.8. The highest BCUT2D eigenvalue weighted by Crippen LogP contribution is 2.43. The number of halogens is 5. The molecule has 3 rings (SSSR count). The van der Waals surface area contributed by atoms with Gasteiger partial charge in [0.1, 0.15) is 0 Å². The molecule has 0 spiro atoms. The second-order valence-electron chi connectivity index (χ2n) is 6.29. The lowest BCUT2D eigenvalue weighted by atomic mass is 9.94. The number of fused-ring (bicyclic) bond motifs is 1. The molecule has 3 aromatic rings. The minimum absolute atomic E-state index is 0.232. The van der Waals surface area contributed by atoms with Crippen LogP contribution in [-0.4, -0.2) is 26.8 Å². The van der Waals surface area contributed by atoms with Gasteiger partial charge in [-0.3, -0.25) is 0 Å². The quantitative estimate of drug-likeness (QED) is 0.462. The first-order valence-electron chi connectivity index (χ1n) is 8.04. The second-order valence-corrected chi connectivity index (χ2v) is 8.15. The standard InChI is InChI=1S/C19H15Cl2F3N2OS/c1-11(2)26-17-6-3-13(7-12(17)9-25-26)18(27,19(22,23)24)10-28-14-4-5-15(20)16(21)8-14/h3-9,27H,1,10H2,2H3. The van der Waals surface area contributed by atoms with Crippen LogP contribution in [0.1, 0.15) is 12.5 Å². The first-order chi connectivity index (χ1) is 13.0. The number of alkyl halides is 3. The van der Waals surface area contributed by atoms with Crippen LogP contribution in [0.25, 0.3) is 16.6 Å². The Morgan fingerprint density at radius 1 is 1.18 bits per heavy atom. The van der Waals surface area contributed by atoms with Crippen molar-refractivity contribution in [2.45, 2.75) is 23.6 Å². The van der Waals surface area contributed by atoms with Crippen LogP contribution >= 0.6 is 35.0 Å². The van der Waals surface area contributed by atoms with E-state index in [0.29, 0.717) is 26.5 Å². The zero-order chi connectivity index (χ0) is 20.7. The number of hydrogen-bond acceptors (Lipinski definition) is 3. The molecule has 3 nitrogen and oxygen atoms in total. The van der Waals surface area contributed by atoms with E-state index in [9.17, 15) is 18.3 Å². The van der Waals surface area contributed by atoms with Crippen LogP contribution in [0.15, 0.2) is 54.1 Å². The Morgan fingerprint density at radius 2 is 1.89 bits per heavy atom. The molecule has 0 radical (unpaired) electrons. The summed E-state index contributed by atoms with van der Waals surface area (Å²) >= 11 is 12.6. The Bertz CT molecular complexity index is 1050. The van der Waals surface area contributed by atoms with Crippen molar-refractivity contribution in [3.05, 3.63) is 64.8 Å². The molecule has 0 amide bonds. The fourth-order valence-electron chi connectivity index (χ4n) is 2.68. The fourth-order valence-corrected chi connectivity index (χ4v) is 4.11. The average Bonchev–Trinajstić information content (AvgIpc) is 3.05. The zero-order valence-corrected chi connectivity index (χ0v) is 16.9. The van der Waals surface area contributed by atoms with Gasteiger partial charge in [-0.15, -0.1) is 11.8 Å². The number of thioether (sulfide) groups is 1. The summed E-state index contributed by atoms with van der Waals surface area (Å²) in [5.41, 5.74) is -2.08. The Hall–Kier alpha value is -1.67. The van der Waals surface area contributed by atoms with Gasteiger partial charge in [0.05, 0.1) is 21.8 Å². The van der Waals surface area contributed by atoms with Gasteiger partial charge in [0, 0.05) is 21.7 Å². The molecule has 9 heteroatoms. The highest BCUT2D eigenvalue weighted by Gasteiger charge is 2.55. The molecule has 0 bridgehead atoms. The van der Waals surface area contributed by atoms with Crippen molar-refractivity contribution in [3.8, 4) is 0 Å². The molecule has 0 saturated heterocycles. The monoisotopic (exact) mass is 446 g/mol. The van der Waals surface area contributed by atoms with Gasteiger partial charge in [-0.05, 0) is 42.8 Å². The second kappa shape index (κ2) is 7.63. The van der Waals surface area contributed by atoms with E-state index in [1.807, 2.05) is 0 Å². The van der Waals surface area contributed by atoms with Crippen molar-refractivity contribution in [2.24, 2.45) is 0 Å². The van der Waals surface area contributed by atoms with Crippen molar-refractivity contribution in [2.75, 3.05) is 5.75 Å². The summed E-state index contributed by atoms with van der Waals surface area (Å²) < 4.78 is 43.0. The molecule has 1 atom stereocenters. The summed E-state index contributed by atoms with van der Waals surface area (Å²) in [4.78, 5) is 0.466. The van der Waals surface area contributed by atoms with Crippen LogP contribution in [0.3, 0.4) is 0 Å². The maximum atomic E-state index is 13.8. The molecule has 2 aromatic carbocycles. The third-order valence-corrected chi connectivity index (χ3v) is 6.10. The molecule has 148 valence electrons. The largest absolute Gasteiger partial charge is 0.422 e. The summed E-state index contributed by atoms with van der Waals surface area (Å²) in [5.74, 6) is -0.644. The van der Waals surface area contributed by atoms with Gasteiger partial charge in [-0.25, -0.2) is 4.68 Å². The molecule has 1 heterocycles. The summed E-state index contributed by atoms with van der Waals surface area (Å²) in [6.07, 6.45) is -3.44. The highest BCUT2D eigenvalue weighted by atomic mass is 35.5. The van der Waals surface area contributed by atoms with Crippen molar-refractivity contribution in [3.63, 3.8) is 0 Å². The van der Waals surface area contributed by atoms with Crippen molar-refractivity contribution in [1.29, 1.82) is 0 Å². The lowest BCUT2D eigenvalue weighted by molar-refractivity contribution is -0.256. The van der Waals surface area contributed by atoms with Crippen LogP contribution < -0.4 is 0 Å². The van der Waals surface area contributed by atoms with Crippen LogP contribution in [0.2, 0.25) is 10.0 Å². The molecule has 28 heavy (non-hydrogen) atoms. The van der Waals surface area contributed by atoms with Gasteiger partial charge in [-0.2, -0.15) is 18.3 Å². The number of aromatic nitrogens is 2. The van der Waals surface area contributed by atoms with Crippen molar-refractivity contribution in [1.82, 2.24) is 9.78 Å². The molecule has 0 aliphatic carbocycles. The van der Waals surface area contributed by atoms with Gasteiger partial charge in [0.15, 0.2) is 5.60 Å². The van der Waals surface area contributed by atoms with Crippen molar-refractivity contribution >= 4 is 51.6 Å². The molecule has 0 aliphatic rings. The third-order valence-electron chi connectivity index (χ3n) is 4.21. The minimum atomic E-state index is -4.88. The molecule has 1 unspecified atom stereocenters. The first kappa shape index (κ1) is 21.0. The Balaban J connectivity index is 1.98. The van der Waals surface area contributed by atoms with E-state index in [-0.39, 0.29) is 10.6 Å². The van der Waals surface area contributed by atoms with Crippen LogP contribution in [0.5, 0.6) is 0 Å². The lowest BCUT2D eigenvalue weighted by Gasteiger charge is -2.31. The normalized spacial score (nSPS) is 14.2. The number of rotatable bonds is 5. The number of benzene rings is 2. The summed E-state index contributed by atoms with van der Waals surface area (Å²) in [6.45, 7) is 5.52. The Morgan fingerprint density at radius 3 is 2.50 bits per heavy atom. The molecular formula is C19H15Cl2F3N2OS. The summed E-state index contributed by atoms with van der Waals surface area (Å²) in [6, 6.07) is 8.56. The van der Waals surface area contributed by atoms with E-state index in [4.69, 9.17) is 23.2 Å². The average molecular weight is 447 g/mol. The van der Waals surface area contributed by atoms with Gasteiger partial charge in [0.25, 0.3) is 0 Å². The number of allylic oxidation sites excluding steroid dienone is 1. The van der Waals surface area contributed by atoms with E-state index in [0.717, 1.165) is 11.8 Å². The van der Waals surface area contributed by atoms with E-state index >= 15 is 0 Å². The number of aliphatic hydroxyl groups is 1. The molecule has 1 aromatic heterocycles. The van der Waals surface area contributed by atoms with Gasteiger partial charge >= 0.3 is 6.18 Å². The smallest absolute Gasteiger partial charge is 0.376 e. The Kier molecular flexibility index (Phi) is 5.74. The number of hydrogen-bond donors (Lipinski definition) is 1. The topological polar surface area (TPSA) is 38.0 Å². The maximum absolute atomic E-state index is 13.8. The zero-order valence-electron chi connectivity index (χ0n) is 14.6. The molecule has 0 fully saturated rings. The van der Waals surface area contributed by atoms with Crippen LogP contribution in [0.4, 0.5) is 13.2 Å². The van der Waals surface area contributed by atoms with Gasteiger partial charge in [0.2, 0.25) is 0 Å². The molecule has 1 N–H and O–H groups in total. The molecule has 0 saturated carbocycles. The SMILES string of the molecule is C=C(C)n1ncc2cc(C(O)(CSc3ccc(Cl)c(Cl)c3)C(F)(F)F)ccc21. The highest BCUT2D eigenvalue weighted by molar-refractivity contribution is 7.99. The fraction of sp³-hybridized carbons (Fsp3) is 0.211. The molecule has 0 aliphatic heterocycles. The first-order valence-corrected chi connectivity index (χ1v) is 9.78. The van der Waals surface area contributed by atoms with Crippen LogP contribution in [0, 0.1) is 0 Å². The molecular weight excluding hydrogens is 432 g/mol. The third kappa shape index (κ3) is 3.89. The predicted octanol–water partition coefficient (Wildman–Crippen LogP) is 6.38.